The maximum Gasteiger partial charge on any atom is 0.347 e. The third-order valence-electron chi connectivity index (χ3n) is 2.00. The number of carbonyl (C=O) groups excluding carboxylic acids is 1. The van der Waals surface area contributed by atoms with E-state index >= 15 is 0 Å². The normalized spacial score (nSPS) is 12.9. The molecule has 1 aromatic rings. The van der Waals surface area contributed by atoms with Gasteiger partial charge in [0.2, 0.25) is 0 Å². The van der Waals surface area contributed by atoms with E-state index in [1.54, 1.807) is 20.8 Å². The molecule has 4 nitrogen and oxygen atoms in total. The Hall–Kier alpha value is -1.78. The minimum atomic E-state index is -0.887. The first-order valence-corrected chi connectivity index (χ1v) is 5.63. The molecular weight excluding hydrogens is 237 g/mol. The van der Waals surface area contributed by atoms with E-state index in [0.29, 0.717) is 5.69 Å². The summed E-state index contributed by atoms with van der Waals surface area (Å²) in [7, 11) is 0. The third-order valence-corrected chi connectivity index (χ3v) is 2.00. The van der Waals surface area contributed by atoms with E-state index in [9.17, 15) is 9.18 Å². The topological polar surface area (TPSA) is 61.5 Å². The summed E-state index contributed by atoms with van der Waals surface area (Å²) in [5.74, 6) is -1.17. The van der Waals surface area contributed by atoms with Crippen LogP contribution in [-0.4, -0.2) is 17.7 Å². The van der Waals surface area contributed by atoms with E-state index in [2.05, 4.69) is 0 Å². The molecule has 0 heterocycles. The fourth-order valence-corrected chi connectivity index (χ4v) is 1.24. The van der Waals surface area contributed by atoms with Crippen LogP contribution in [0, 0.1) is 5.82 Å². The second-order valence-corrected chi connectivity index (χ2v) is 4.98. The van der Waals surface area contributed by atoms with Crippen molar-refractivity contribution >= 4 is 11.7 Å². The van der Waals surface area contributed by atoms with Gasteiger partial charge in [-0.15, -0.1) is 0 Å². The molecule has 0 fully saturated rings. The fraction of sp³-hybridized carbons (Fsp3) is 0.462. The van der Waals surface area contributed by atoms with Crippen molar-refractivity contribution in [2.24, 2.45) is 0 Å². The zero-order chi connectivity index (χ0) is 13.9. The summed E-state index contributed by atoms with van der Waals surface area (Å²) in [4.78, 5) is 11.6. The number of anilines is 1. The van der Waals surface area contributed by atoms with Crippen LogP contribution in [0.25, 0.3) is 0 Å². The SMILES string of the molecule is CC(Oc1ccc(N)cc1F)C(=O)OC(C)(C)C. The lowest BCUT2D eigenvalue weighted by atomic mass is 10.2. The molecule has 1 rings (SSSR count). The van der Waals surface area contributed by atoms with Crippen LogP contribution in [0.5, 0.6) is 5.75 Å². The summed E-state index contributed by atoms with van der Waals surface area (Å²) in [6.07, 6.45) is -0.887. The number of nitrogens with two attached hydrogens (primary N) is 1. The maximum atomic E-state index is 13.5. The molecule has 0 saturated carbocycles. The number of hydrogen-bond acceptors (Lipinski definition) is 4. The zero-order valence-electron chi connectivity index (χ0n) is 11.0. The molecular formula is C13H18FNO3. The zero-order valence-corrected chi connectivity index (χ0v) is 11.0. The number of hydrogen-bond donors (Lipinski definition) is 1. The maximum absolute atomic E-state index is 13.5. The predicted molar refractivity (Wildman–Crippen MR) is 66.7 cm³/mol. The average Bonchev–Trinajstić information content (AvgIpc) is 2.19. The van der Waals surface area contributed by atoms with Crippen molar-refractivity contribution in [3.05, 3.63) is 24.0 Å². The number of ether oxygens (including phenoxy) is 2. The third kappa shape index (κ3) is 4.24. The molecule has 0 saturated heterocycles. The van der Waals surface area contributed by atoms with Gasteiger partial charge in [0.15, 0.2) is 17.7 Å². The molecule has 18 heavy (non-hydrogen) atoms. The Kier molecular flexibility index (Phi) is 4.16. The largest absolute Gasteiger partial charge is 0.476 e. The summed E-state index contributed by atoms with van der Waals surface area (Å²) >= 11 is 0. The van der Waals surface area contributed by atoms with E-state index in [1.165, 1.54) is 19.1 Å². The quantitative estimate of drug-likeness (QED) is 0.666. The van der Waals surface area contributed by atoms with Crippen molar-refractivity contribution in [1.82, 2.24) is 0 Å². The van der Waals surface area contributed by atoms with Gasteiger partial charge in [0.1, 0.15) is 5.60 Å². The highest BCUT2D eigenvalue weighted by Crippen LogP contribution is 2.21. The van der Waals surface area contributed by atoms with E-state index < -0.39 is 23.5 Å². The Bertz CT molecular complexity index is 440. The first-order valence-electron chi connectivity index (χ1n) is 5.63. The van der Waals surface area contributed by atoms with Crippen molar-refractivity contribution in [3.8, 4) is 5.75 Å². The van der Waals surface area contributed by atoms with Crippen LogP contribution in [0.1, 0.15) is 27.7 Å². The highest BCUT2D eigenvalue weighted by molar-refractivity contribution is 5.75. The molecule has 1 aromatic carbocycles. The Morgan fingerprint density at radius 3 is 2.50 bits per heavy atom. The first kappa shape index (κ1) is 14.3. The summed E-state index contributed by atoms with van der Waals surface area (Å²) < 4.78 is 23.8. The van der Waals surface area contributed by atoms with Gasteiger partial charge in [0.25, 0.3) is 0 Å². The highest BCUT2D eigenvalue weighted by Gasteiger charge is 2.23. The molecule has 1 atom stereocenters. The van der Waals surface area contributed by atoms with Gasteiger partial charge in [0.05, 0.1) is 0 Å². The number of benzene rings is 1. The van der Waals surface area contributed by atoms with Gasteiger partial charge >= 0.3 is 5.97 Å². The van der Waals surface area contributed by atoms with Gasteiger partial charge in [-0.3, -0.25) is 0 Å². The Morgan fingerprint density at radius 2 is 2.00 bits per heavy atom. The Morgan fingerprint density at radius 1 is 1.39 bits per heavy atom. The molecule has 0 spiro atoms. The molecule has 0 aliphatic rings. The first-order chi connectivity index (χ1) is 8.19. The molecule has 2 N–H and O–H groups in total. The Balaban J connectivity index is 2.69. The number of nitrogen functional groups attached to an aromatic ring is 1. The lowest BCUT2D eigenvalue weighted by Crippen LogP contribution is -2.33. The van der Waals surface area contributed by atoms with Crippen LogP contribution in [0.15, 0.2) is 18.2 Å². The van der Waals surface area contributed by atoms with Crippen LogP contribution in [0.4, 0.5) is 10.1 Å². The van der Waals surface area contributed by atoms with Gasteiger partial charge in [-0.25, -0.2) is 9.18 Å². The molecule has 0 aromatic heterocycles. The van der Waals surface area contributed by atoms with E-state index in [-0.39, 0.29) is 5.75 Å². The van der Waals surface area contributed by atoms with Crippen molar-refractivity contribution in [2.75, 3.05) is 5.73 Å². The minimum Gasteiger partial charge on any atom is -0.476 e. The summed E-state index contributed by atoms with van der Waals surface area (Å²) in [5.41, 5.74) is 5.11. The molecule has 0 aliphatic heterocycles. The average molecular weight is 255 g/mol. The van der Waals surface area contributed by atoms with Crippen LogP contribution < -0.4 is 10.5 Å². The molecule has 0 aliphatic carbocycles. The highest BCUT2D eigenvalue weighted by atomic mass is 19.1. The lowest BCUT2D eigenvalue weighted by Gasteiger charge is -2.22. The molecule has 0 bridgehead atoms. The lowest BCUT2D eigenvalue weighted by molar-refractivity contribution is -0.162. The smallest absolute Gasteiger partial charge is 0.347 e. The van der Waals surface area contributed by atoms with Crippen LogP contribution >= 0.6 is 0 Å². The number of esters is 1. The van der Waals surface area contributed by atoms with Crippen LogP contribution in [0.2, 0.25) is 0 Å². The van der Waals surface area contributed by atoms with Gasteiger partial charge in [0, 0.05) is 11.8 Å². The van der Waals surface area contributed by atoms with E-state index in [1.807, 2.05) is 0 Å². The number of rotatable bonds is 3. The molecule has 5 heteroatoms. The second kappa shape index (κ2) is 5.25. The minimum absolute atomic E-state index is 0.0254. The standard InChI is InChI=1S/C13H18FNO3/c1-8(12(16)18-13(2,3)4)17-11-6-5-9(15)7-10(11)14/h5-8H,15H2,1-4H3. The van der Waals surface area contributed by atoms with E-state index in [0.717, 1.165) is 6.07 Å². The second-order valence-electron chi connectivity index (χ2n) is 4.98. The van der Waals surface area contributed by atoms with Crippen molar-refractivity contribution in [1.29, 1.82) is 0 Å². The molecule has 100 valence electrons. The predicted octanol–water partition coefficient (Wildman–Crippen LogP) is 2.52. The molecule has 1 unspecified atom stereocenters. The van der Waals surface area contributed by atoms with Crippen molar-refractivity contribution < 1.29 is 18.7 Å². The van der Waals surface area contributed by atoms with Gasteiger partial charge in [-0.05, 0) is 39.8 Å². The summed E-state index contributed by atoms with van der Waals surface area (Å²) in [6.45, 7) is 6.76. The fourth-order valence-electron chi connectivity index (χ4n) is 1.24. The van der Waals surface area contributed by atoms with Gasteiger partial charge < -0.3 is 15.2 Å². The summed E-state index contributed by atoms with van der Waals surface area (Å²) in [6, 6.07) is 4.02. The van der Waals surface area contributed by atoms with Gasteiger partial charge in [-0.1, -0.05) is 0 Å². The number of halogens is 1. The van der Waals surface area contributed by atoms with Crippen LogP contribution in [0.3, 0.4) is 0 Å². The van der Waals surface area contributed by atoms with Gasteiger partial charge in [-0.2, -0.15) is 0 Å². The monoisotopic (exact) mass is 255 g/mol. The van der Waals surface area contributed by atoms with E-state index in [4.69, 9.17) is 15.2 Å². The van der Waals surface area contributed by atoms with Crippen molar-refractivity contribution in [2.45, 2.75) is 39.4 Å². The van der Waals surface area contributed by atoms with Crippen LogP contribution in [-0.2, 0) is 9.53 Å². The Labute approximate surface area is 106 Å². The molecule has 0 radical (unpaired) electrons. The molecule has 0 amide bonds. The summed E-state index contributed by atoms with van der Waals surface area (Å²) in [5, 5.41) is 0. The number of carbonyl (C=O) groups is 1. The van der Waals surface area contributed by atoms with Crippen molar-refractivity contribution in [3.63, 3.8) is 0 Å².